The highest BCUT2D eigenvalue weighted by atomic mass is 16.5. The van der Waals surface area contributed by atoms with E-state index in [-0.39, 0.29) is 13.2 Å². The van der Waals surface area contributed by atoms with Crippen LogP contribution in [0, 0.1) is 0 Å². The molecule has 0 saturated carbocycles. The van der Waals surface area contributed by atoms with Crippen LogP contribution in [0.15, 0.2) is 70.9 Å². The molecule has 0 spiro atoms. The highest BCUT2D eigenvalue weighted by molar-refractivity contribution is 6.00. The fourth-order valence-electron chi connectivity index (χ4n) is 3.30. The van der Waals surface area contributed by atoms with Crippen molar-refractivity contribution in [3.05, 3.63) is 60.7 Å². The minimum Gasteiger partial charge on any atom is -0.491 e. The van der Waals surface area contributed by atoms with Crippen LogP contribution in [-0.2, 0) is 0 Å². The molecule has 0 radical (unpaired) electrons. The highest BCUT2D eigenvalue weighted by Gasteiger charge is 2.06. The summed E-state index contributed by atoms with van der Waals surface area (Å²) in [5.41, 5.74) is 2.69. The summed E-state index contributed by atoms with van der Waals surface area (Å²) in [7, 11) is 0. The largest absolute Gasteiger partial charge is 0.491 e. The number of benzene rings is 3. The highest BCUT2D eigenvalue weighted by Crippen LogP contribution is 2.33. The summed E-state index contributed by atoms with van der Waals surface area (Å²) in [5.74, 6) is 0.702. The molecular formula is C24H30N4O2. The van der Waals surface area contributed by atoms with Crippen molar-refractivity contribution in [2.45, 2.75) is 13.8 Å². The lowest BCUT2D eigenvalue weighted by Crippen LogP contribution is -2.28. The predicted molar refractivity (Wildman–Crippen MR) is 123 cm³/mol. The Morgan fingerprint density at radius 3 is 2.33 bits per heavy atom. The Morgan fingerprint density at radius 1 is 0.900 bits per heavy atom. The SMILES string of the molecule is CCN(CC)CCNc1ccc(/N=N/c2ccc(OCCO)cc2)c2ccccc12. The first-order valence-electron chi connectivity index (χ1n) is 10.5. The second-order valence-electron chi connectivity index (χ2n) is 6.90. The third-order valence-electron chi connectivity index (χ3n) is 5.01. The zero-order chi connectivity index (χ0) is 21.2. The maximum absolute atomic E-state index is 8.83. The van der Waals surface area contributed by atoms with Crippen molar-refractivity contribution >= 4 is 27.8 Å². The van der Waals surface area contributed by atoms with Crippen LogP contribution in [0.1, 0.15) is 13.8 Å². The first-order chi connectivity index (χ1) is 14.7. The van der Waals surface area contributed by atoms with E-state index in [0.717, 1.165) is 54.0 Å². The van der Waals surface area contributed by atoms with Crippen LogP contribution in [0.5, 0.6) is 5.75 Å². The standard InChI is InChI=1S/C24H30N4O2/c1-3-28(4-2)16-15-25-23-13-14-24(22-8-6-5-7-21(22)23)27-26-19-9-11-20(12-10-19)30-18-17-29/h5-14,25,29H,3-4,15-18H2,1-2H3/b27-26+. The molecule has 0 unspecified atom stereocenters. The van der Waals surface area contributed by atoms with Gasteiger partial charge >= 0.3 is 0 Å². The van der Waals surface area contributed by atoms with E-state index < -0.39 is 0 Å². The first-order valence-corrected chi connectivity index (χ1v) is 10.5. The van der Waals surface area contributed by atoms with E-state index in [1.807, 2.05) is 42.5 Å². The van der Waals surface area contributed by atoms with Gasteiger partial charge < -0.3 is 20.1 Å². The number of aliphatic hydroxyl groups is 1. The van der Waals surface area contributed by atoms with Gasteiger partial charge in [0.15, 0.2) is 0 Å². The third kappa shape index (κ3) is 5.78. The number of azo groups is 1. The number of likely N-dealkylation sites (N-methyl/N-ethyl adjacent to an activating group) is 1. The monoisotopic (exact) mass is 406 g/mol. The van der Waals surface area contributed by atoms with Crippen LogP contribution < -0.4 is 10.1 Å². The Labute approximate surface area is 178 Å². The zero-order valence-corrected chi connectivity index (χ0v) is 17.7. The van der Waals surface area contributed by atoms with Crippen molar-refractivity contribution in [2.75, 3.05) is 44.7 Å². The van der Waals surface area contributed by atoms with Crippen LogP contribution in [0.25, 0.3) is 10.8 Å². The fourth-order valence-corrected chi connectivity index (χ4v) is 3.30. The smallest absolute Gasteiger partial charge is 0.119 e. The van der Waals surface area contributed by atoms with Crippen molar-refractivity contribution in [3.63, 3.8) is 0 Å². The van der Waals surface area contributed by atoms with Gasteiger partial charge in [-0.15, -0.1) is 5.11 Å². The molecule has 30 heavy (non-hydrogen) atoms. The number of anilines is 1. The molecule has 3 aromatic rings. The number of aliphatic hydroxyl groups excluding tert-OH is 1. The van der Waals surface area contributed by atoms with Gasteiger partial charge in [0.1, 0.15) is 12.4 Å². The maximum atomic E-state index is 8.83. The number of rotatable bonds is 11. The van der Waals surface area contributed by atoms with E-state index in [1.54, 1.807) is 0 Å². The van der Waals surface area contributed by atoms with E-state index >= 15 is 0 Å². The summed E-state index contributed by atoms with van der Waals surface area (Å²) in [5, 5.41) is 23.5. The Balaban J connectivity index is 1.74. The molecule has 3 aromatic carbocycles. The molecule has 0 aliphatic carbocycles. The summed E-state index contributed by atoms with van der Waals surface area (Å²) in [6, 6.07) is 19.7. The second kappa shape index (κ2) is 11.3. The molecule has 0 fully saturated rings. The van der Waals surface area contributed by atoms with Gasteiger partial charge in [-0.3, -0.25) is 0 Å². The summed E-state index contributed by atoms with van der Waals surface area (Å²) in [4.78, 5) is 2.40. The molecule has 0 saturated heterocycles. The Morgan fingerprint density at radius 2 is 1.63 bits per heavy atom. The fraction of sp³-hybridized carbons (Fsp3) is 0.333. The predicted octanol–water partition coefficient (Wildman–Crippen LogP) is 5.38. The molecule has 0 aromatic heterocycles. The molecule has 6 heteroatoms. The third-order valence-corrected chi connectivity index (χ3v) is 5.01. The van der Waals surface area contributed by atoms with E-state index in [4.69, 9.17) is 9.84 Å². The lowest BCUT2D eigenvalue weighted by molar-refractivity contribution is 0.201. The Bertz CT molecular complexity index is 953. The molecular weight excluding hydrogens is 376 g/mol. The molecule has 0 amide bonds. The van der Waals surface area contributed by atoms with Crippen molar-refractivity contribution in [1.82, 2.24) is 4.90 Å². The van der Waals surface area contributed by atoms with E-state index in [1.165, 1.54) is 0 Å². The van der Waals surface area contributed by atoms with Crippen molar-refractivity contribution in [2.24, 2.45) is 10.2 Å². The van der Waals surface area contributed by atoms with Crippen molar-refractivity contribution in [1.29, 1.82) is 0 Å². The second-order valence-corrected chi connectivity index (χ2v) is 6.90. The number of hydrogen-bond donors (Lipinski definition) is 2. The van der Waals surface area contributed by atoms with Crippen molar-refractivity contribution < 1.29 is 9.84 Å². The zero-order valence-electron chi connectivity index (χ0n) is 17.7. The summed E-state index contributed by atoms with van der Waals surface area (Å²) >= 11 is 0. The van der Waals surface area contributed by atoms with Crippen LogP contribution in [0.3, 0.4) is 0 Å². The number of fused-ring (bicyclic) bond motifs is 1. The molecule has 0 bridgehead atoms. The van der Waals surface area contributed by atoms with Crippen molar-refractivity contribution in [3.8, 4) is 5.75 Å². The molecule has 0 heterocycles. The molecule has 158 valence electrons. The number of nitrogens with zero attached hydrogens (tertiary/aromatic N) is 3. The first kappa shape index (κ1) is 21.7. The Hall–Kier alpha value is -2.96. The summed E-state index contributed by atoms with van der Waals surface area (Å²) in [6.07, 6.45) is 0. The van der Waals surface area contributed by atoms with E-state index in [0.29, 0.717) is 5.75 Å². The topological polar surface area (TPSA) is 69.5 Å². The van der Waals surface area contributed by atoms with Crippen LogP contribution in [0.2, 0.25) is 0 Å². The van der Waals surface area contributed by atoms with Gasteiger partial charge in [0.05, 0.1) is 18.0 Å². The summed E-state index contributed by atoms with van der Waals surface area (Å²) in [6.45, 7) is 8.69. The van der Waals surface area contributed by atoms with E-state index in [9.17, 15) is 0 Å². The molecule has 0 aliphatic heterocycles. The van der Waals surface area contributed by atoms with Gasteiger partial charge in [0, 0.05) is 29.5 Å². The van der Waals surface area contributed by atoms with Crippen LogP contribution >= 0.6 is 0 Å². The van der Waals surface area contributed by atoms with Gasteiger partial charge in [0.25, 0.3) is 0 Å². The normalized spacial score (nSPS) is 11.5. The quantitative estimate of drug-likeness (QED) is 0.420. The lowest BCUT2D eigenvalue weighted by Gasteiger charge is -2.19. The molecule has 0 aliphatic rings. The van der Waals surface area contributed by atoms with Crippen LogP contribution in [0.4, 0.5) is 17.1 Å². The molecule has 0 atom stereocenters. The average Bonchev–Trinajstić information content (AvgIpc) is 2.80. The van der Waals surface area contributed by atoms with Gasteiger partial charge in [-0.2, -0.15) is 5.11 Å². The number of hydrogen-bond acceptors (Lipinski definition) is 6. The van der Waals surface area contributed by atoms with Crippen LogP contribution in [-0.4, -0.2) is 49.4 Å². The van der Waals surface area contributed by atoms with E-state index in [2.05, 4.69) is 52.5 Å². The molecule has 6 nitrogen and oxygen atoms in total. The lowest BCUT2D eigenvalue weighted by atomic mass is 10.1. The average molecular weight is 407 g/mol. The summed E-state index contributed by atoms with van der Waals surface area (Å²) < 4.78 is 5.37. The number of ether oxygens (including phenoxy) is 1. The minimum absolute atomic E-state index is 0.00511. The van der Waals surface area contributed by atoms with Gasteiger partial charge in [0.2, 0.25) is 0 Å². The Kier molecular flexibility index (Phi) is 8.18. The number of nitrogens with one attached hydrogen (secondary N) is 1. The minimum atomic E-state index is -0.00511. The van der Waals surface area contributed by atoms with Gasteiger partial charge in [-0.25, -0.2) is 0 Å². The molecule has 2 N–H and O–H groups in total. The van der Waals surface area contributed by atoms with Gasteiger partial charge in [-0.05, 0) is 49.5 Å². The maximum Gasteiger partial charge on any atom is 0.119 e. The van der Waals surface area contributed by atoms with Gasteiger partial charge in [-0.1, -0.05) is 38.1 Å². The molecule has 3 rings (SSSR count).